The Morgan fingerprint density at radius 1 is 1.11 bits per heavy atom. The highest BCUT2D eigenvalue weighted by molar-refractivity contribution is 5.18. The summed E-state index contributed by atoms with van der Waals surface area (Å²) in [6.07, 6.45) is 6.12. The summed E-state index contributed by atoms with van der Waals surface area (Å²) >= 11 is 0. The lowest BCUT2D eigenvalue weighted by Crippen LogP contribution is -2.15. The van der Waals surface area contributed by atoms with Gasteiger partial charge in [0, 0.05) is 5.56 Å². The highest BCUT2D eigenvalue weighted by Crippen LogP contribution is 2.38. The Kier molecular flexibility index (Phi) is 4.25. The molecular weight excluding hydrogens is 239 g/mol. The van der Waals surface area contributed by atoms with E-state index in [1.165, 1.54) is 6.42 Å². The van der Waals surface area contributed by atoms with E-state index in [1.807, 2.05) is 0 Å². The zero-order chi connectivity index (χ0) is 13.1. The summed E-state index contributed by atoms with van der Waals surface area (Å²) in [6, 6.07) is 0.975. The van der Waals surface area contributed by atoms with Crippen LogP contribution < -0.4 is 0 Å². The van der Waals surface area contributed by atoms with Crippen molar-refractivity contribution in [3.63, 3.8) is 0 Å². The molecule has 0 N–H and O–H groups in total. The Labute approximate surface area is 105 Å². The molecule has 4 heteroatoms. The third-order valence-electron chi connectivity index (χ3n) is 3.90. The van der Waals surface area contributed by atoms with E-state index >= 15 is 0 Å². The number of rotatable bonds is 3. The van der Waals surface area contributed by atoms with Gasteiger partial charge in [0.15, 0.2) is 5.82 Å². The maximum Gasteiger partial charge on any atom is 0.251 e. The van der Waals surface area contributed by atoms with Crippen LogP contribution in [0.5, 0.6) is 0 Å². The Morgan fingerprint density at radius 2 is 1.78 bits per heavy atom. The summed E-state index contributed by atoms with van der Waals surface area (Å²) < 4.78 is 39.4. The zero-order valence-corrected chi connectivity index (χ0v) is 10.6. The van der Waals surface area contributed by atoms with Crippen LogP contribution in [-0.2, 0) is 0 Å². The lowest BCUT2D eigenvalue weighted by molar-refractivity contribution is 0.301. The van der Waals surface area contributed by atoms with Crippen LogP contribution in [0.3, 0.4) is 0 Å². The largest absolute Gasteiger partial charge is 0.251 e. The average Bonchev–Trinajstić information content (AvgIpc) is 2.35. The van der Waals surface area contributed by atoms with E-state index in [2.05, 4.69) is 11.9 Å². The molecule has 0 radical (unpaired) electrons. The molecule has 1 aliphatic rings. The van der Waals surface area contributed by atoms with Crippen LogP contribution >= 0.6 is 0 Å². The van der Waals surface area contributed by atoms with E-state index in [0.29, 0.717) is 5.92 Å². The molecule has 0 unspecified atom stereocenters. The first-order chi connectivity index (χ1) is 8.61. The molecule has 0 saturated heterocycles. The van der Waals surface area contributed by atoms with Gasteiger partial charge in [-0.2, -0.15) is 13.8 Å². The SMILES string of the molecule is CCC[C@H]1CC[C@H](c2cc(F)c(F)nc2F)CC1. The normalized spacial score (nSPS) is 24.2. The standard InChI is InChI=1S/C14H18F3N/c1-2-3-9-4-6-10(7-5-9)11-8-12(15)14(17)18-13(11)16/h8-10H,2-7H2,1H3/t9-,10-. The molecule has 1 aromatic heterocycles. The van der Waals surface area contributed by atoms with Gasteiger partial charge in [0.1, 0.15) is 0 Å². The van der Waals surface area contributed by atoms with Gasteiger partial charge in [0.2, 0.25) is 5.95 Å². The van der Waals surface area contributed by atoms with Crippen LogP contribution in [0.15, 0.2) is 6.07 Å². The van der Waals surface area contributed by atoms with Gasteiger partial charge < -0.3 is 0 Å². The second-order valence-corrected chi connectivity index (χ2v) is 5.15. The van der Waals surface area contributed by atoms with E-state index in [1.54, 1.807) is 0 Å². The molecule has 1 aliphatic carbocycles. The van der Waals surface area contributed by atoms with E-state index < -0.39 is 17.7 Å². The van der Waals surface area contributed by atoms with Crippen LogP contribution in [0.4, 0.5) is 13.2 Å². The summed E-state index contributed by atoms with van der Waals surface area (Å²) in [5.41, 5.74) is 0.240. The summed E-state index contributed by atoms with van der Waals surface area (Å²) in [7, 11) is 0. The van der Waals surface area contributed by atoms with Crippen LogP contribution in [0.25, 0.3) is 0 Å². The van der Waals surface area contributed by atoms with Crippen molar-refractivity contribution in [2.45, 2.75) is 51.4 Å². The topological polar surface area (TPSA) is 12.9 Å². The van der Waals surface area contributed by atoms with Gasteiger partial charge in [0.05, 0.1) is 0 Å². The molecule has 0 aromatic carbocycles. The summed E-state index contributed by atoms with van der Waals surface area (Å²) in [4.78, 5) is 3.00. The predicted molar refractivity (Wildman–Crippen MR) is 63.7 cm³/mol. The smallest absolute Gasteiger partial charge is 0.202 e. The van der Waals surface area contributed by atoms with Crippen molar-refractivity contribution >= 4 is 0 Å². The Bertz CT molecular complexity index is 412. The quantitative estimate of drug-likeness (QED) is 0.723. The van der Waals surface area contributed by atoms with Gasteiger partial charge in [-0.15, -0.1) is 0 Å². The van der Waals surface area contributed by atoms with E-state index in [0.717, 1.165) is 38.2 Å². The minimum atomic E-state index is -1.35. The monoisotopic (exact) mass is 257 g/mol. The molecule has 0 spiro atoms. The second kappa shape index (κ2) is 5.72. The molecule has 2 rings (SSSR count). The molecule has 1 aromatic rings. The van der Waals surface area contributed by atoms with Crippen molar-refractivity contribution in [1.82, 2.24) is 4.98 Å². The van der Waals surface area contributed by atoms with Gasteiger partial charge >= 0.3 is 0 Å². The molecule has 0 aliphatic heterocycles. The fraction of sp³-hybridized carbons (Fsp3) is 0.643. The Hall–Kier alpha value is -1.06. The maximum absolute atomic E-state index is 13.5. The van der Waals surface area contributed by atoms with Gasteiger partial charge in [0.25, 0.3) is 5.95 Å². The van der Waals surface area contributed by atoms with E-state index in [9.17, 15) is 13.2 Å². The van der Waals surface area contributed by atoms with Crippen molar-refractivity contribution in [2.75, 3.05) is 0 Å². The third-order valence-corrected chi connectivity index (χ3v) is 3.90. The molecule has 18 heavy (non-hydrogen) atoms. The maximum atomic E-state index is 13.5. The summed E-state index contributed by atoms with van der Waals surface area (Å²) in [5.74, 6) is -2.57. The molecule has 0 bridgehead atoms. The average molecular weight is 257 g/mol. The number of nitrogens with zero attached hydrogens (tertiary/aromatic N) is 1. The first-order valence-electron chi connectivity index (χ1n) is 6.63. The van der Waals surface area contributed by atoms with Crippen molar-refractivity contribution in [1.29, 1.82) is 0 Å². The molecule has 1 fully saturated rings. The highest BCUT2D eigenvalue weighted by Gasteiger charge is 2.25. The van der Waals surface area contributed by atoms with Crippen molar-refractivity contribution in [2.24, 2.45) is 5.92 Å². The van der Waals surface area contributed by atoms with Crippen molar-refractivity contribution < 1.29 is 13.2 Å². The van der Waals surface area contributed by atoms with Gasteiger partial charge in [-0.05, 0) is 43.6 Å². The first kappa shape index (κ1) is 13.4. The first-order valence-corrected chi connectivity index (χ1v) is 6.63. The third kappa shape index (κ3) is 2.85. The van der Waals surface area contributed by atoms with Crippen LogP contribution in [0, 0.1) is 23.6 Å². The number of halogens is 3. The fourth-order valence-corrected chi connectivity index (χ4v) is 2.92. The van der Waals surface area contributed by atoms with Gasteiger partial charge in [-0.3, -0.25) is 0 Å². The van der Waals surface area contributed by atoms with E-state index in [4.69, 9.17) is 0 Å². The molecule has 0 atom stereocenters. The van der Waals surface area contributed by atoms with Crippen LogP contribution in [0.2, 0.25) is 0 Å². The van der Waals surface area contributed by atoms with Gasteiger partial charge in [-0.1, -0.05) is 19.8 Å². The summed E-state index contributed by atoms with van der Waals surface area (Å²) in [5, 5.41) is 0. The Morgan fingerprint density at radius 3 is 2.39 bits per heavy atom. The zero-order valence-electron chi connectivity index (χ0n) is 10.6. The summed E-state index contributed by atoms with van der Waals surface area (Å²) in [6.45, 7) is 2.16. The number of hydrogen-bond acceptors (Lipinski definition) is 1. The Balaban J connectivity index is 2.07. The predicted octanol–water partition coefficient (Wildman–Crippen LogP) is 4.57. The molecule has 0 amide bonds. The highest BCUT2D eigenvalue weighted by atomic mass is 19.2. The fourth-order valence-electron chi connectivity index (χ4n) is 2.92. The number of aromatic nitrogens is 1. The molecular formula is C14H18F3N. The van der Waals surface area contributed by atoms with E-state index in [-0.39, 0.29) is 11.5 Å². The number of pyridine rings is 1. The minimum absolute atomic E-state index is 0.0132. The van der Waals surface area contributed by atoms with Gasteiger partial charge in [-0.25, -0.2) is 4.39 Å². The minimum Gasteiger partial charge on any atom is -0.202 e. The lowest BCUT2D eigenvalue weighted by atomic mass is 9.77. The molecule has 1 saturated carbocycles. The van der Waals surface area contributed by atoms with Crippen molar-refractivity contribution in [3.05, 3.63) is 29.3 Å². The lowest BCUT2D eigenvalue weighted by Gasteiger charge is -2.28. The van der Waals surface area contributed by atoms with Crippen LogP contribution in [0.1, 0.15) is 56.9 Å². The molecule has 1 heterocycles. The van der Waals surface area contributed by atoms with Crippen LogP contribution in [-0.4, -0.2) is 4.98 Å². The molecule has 100 valence electrons. The second-order valence-electron chi connectivity index (χ2n) is 5.15. The molecule has 1 nitrogen and oxygen atoms in total. The van der Waals surface area contributed by atoms with Crippen molar-refractivity contribution in [3.8, 4) is 0 Å². The number of hydrogen-bond donors (Lipinski definition) is 0.